The molecule has 2 aromatic rings. The quantitative estimate of drug-likeness (QED) is 0.868. The molecule has 5 nitrogen and oxygen atoms in total. The highest BCUT2D eigenvalue weighted by molar-refractivity contribution is 5.93. The van der Waals surface area contributed by atoms with Gasteiger partial charge >= 0.3 is 0 Å². The van der Waals surface area contributed by atoms with Gasteiger partial charge in [-0.25, -0.2) is 0 Å². The van der Waals surface area contributed by atoms with Crippen LogP contribution in [-0.4, -0.2) is 35.0 Å². The molecule has 0 bridgehead atoms. The first-order valence-corrected chi connectivity index (χ1v) is 9.30. The van der Waals surface area contributed by atoms with Crippen molar-refractivity contribution in [1.29, 1.82) is 0 Å². The molecule has 1 saturated heterocycles. The first-order valence-electron chi connectivity index (χ1n) is 9.30. The van der Waals surface area contributed by atoms with Crippen LogP contribution in [0.1, 0.15) is 39.9 Å². The zero-order valence-electron chi connectivity index (χ0n) is 15.6. The topological polar surface area (TPSA) is 54.3 Å². The maximum atomic E-state index is 12.5. The lowest BCUT2D eigenvalue weighted by Crippen LogP contribution is -2.30. The van der Waals surface area contributed by atoms with Gasteiger partial charge in [-0.2, -0.15) is 0 Å². The van der Waals surface area contributed by atoms with Gasteiger partial charge in [-0.1, -0.05) is 18.2 Å². The number of likely N-dealkylation sites (tertiary alicyclic amines) is 1. The predicted molar refractivity (Wildman–Crippen MR) is 103 cm³/mol. The minimum absolute atomic E-state index is 0.0603. The maximum Gasteiger partial charge on any atom is 0.253 e. The van der Waals surface area contributed by atoms with E-state index in [0.29, 0.717) is 18.7 Å². The lowest BCUT2D eigenvalue weighted by atomic mass is 10.1. The van der Waals surface area contributed by atoms with Crippen LogP contribution in [0.3, 0.4) is 0 Å². The molecule has 1 N–H and O–H groups in total. The molecule has 1 aliphatic rings. The Kier molecular flexibility index (Phi) is 5.89. The summed E-state index contributed by atoms with van der Waals surface area (Å²) in [5, 5.41) is 2.94. The third kappa shape index (κ3) is 4.61. The van der Waals surface area contributed by atoms with Gasteiger partial charge in [0.05, 0.1) is 5.56 Å². The summed E-state index contributed by atoms with van der Waals surface area (Å²) in [7, 11) is 0. The summed E-state index contributed by atoms with van der Waals surface area (Å²) >= 11 is 0. The third-order valence-corrected chi connectivity index (χ3v) is 5.13. The average Bonchev–Trinajstić information content (AvgIpc) is 3.15. The van der Waals surface area contributed by atoms with Crippen LogP contribution < -0.4 is 10.9 Å². The van der Waals surface area contributed by atoms with E-state index in [9.17, 15) is 9.59 Å². The molecular weight excluding hydrogens is 326 g/mol. The SMILES string of the molecule is Cc1ccc(CNC(=O)c2ccc(=O)n(CCN3CCCC3)c2)cc1C. The van der Waals surface area contributed by atoms with Crippen LogP contribution >= 0.6 is 0 Å². The Labute approximate surface area is 154 Å². The van der Waals surface area contributed by atoms with E-state index >= 15 is 0 Å². The molecule has 0 spiro atoms. The Balaban J connectivity index is 1.62. The molecule has 1 aromatic carbocycles. The summed E-state index contributed by atoms with van der Waals surface area (Å²) in [4.78, 5) is 26.9. The highest BCUT2D eigenvalue weighted by Gasteiger charge is 2.12. The zero-order chi connectivity index (χ0) is 18.5. The average molecular weight is 353 g/mol. The molecule has 138 valence electrons. The van der Waals surface area contributed by atoms with Crippen molar-refractivity contribution in [3.63, 3.8) is 0 Å². The predicted octanol–water partition coefficient (Wildman–Crippen LogP) is 2.49. The number of hydrogen-bond acceptors (Lipinski definition) is 3. The van der Waals surface area contributed by atoms with Crippen LogP contribution in [0.15, 0.2) is 41.3 Å². The van der Waals surface area contributed by atoms with Crippen molar-refractivity contribution in [2.24, 2.45) is 0 Å². The minimum atomic E-state index is -0.154. The Hall–Kier alpha value is -2.40. The lowest BCUT2D eigenvalue weighted by Gasteiger charge is -2.15. The molecule has 3 rings (SSSR count). The van der Waals surface area contributed by atoms with E-state index in [2.05, 4.69) is 36.2 Å². The molecule has 1 amide bonds. The van der Waals surface area contributed by atoms with Gasteiger partial charge in [-0.15, -0.1) is 0 Å². The van der Waals surface area contributed by atoms with E-state index in [0.717, 1.165) is 25.2 Å². The van der Waals surface area contributed by atoms with Gasteiger partial charge < -0.3 is 14.8 Å². The minimum Gasteiger partial charge on any atom is -0.348 e. The van der Waals surface area contributed by atoms with Crippen molar-refractivity contribution in [1.82, 2.24) is 14.8 Å². The van der Waals surface area contributed by atoms with E-state index in [4.69, 9.17) is 0 Å². The number of amides is 1. The van der Waals surface area contributed by atoms with Crippen LogP contribution in [0.4, 0.5) is 0 Å². The Morgan fingerprint density at radius 2 is 1.81 bits per heavy atom. The summed E-state index contributed by atoms with van der Waals surface area (Å²) in [6, 6.07) is 9.26. The molecule has 5 heteroatoms. The second-order valence-corrected chi connectivity index (χ2v) is 7.10. The van der Waals surface area contributed by atoms with Crippen LogP contribution in [-0.2, 0) is 13.1 Å². The van der Waals surface area contributed by atoms with Gasteiger partial charge in [-0.3, -0.25) is 9.59 Å². The number of benzene rings is 1. The molecule has 1 aromatic heterocycles. The molecule has 2 heterocycles. The maximum absolute atomic E-state index is 12.5. The fraction of sp³-hybridized carbons (Fsp3) is 0.429. The number of pyridine rings is 1. The van der Waals surface area contributed by atoms with Crippen molar-refractivity contribution < 1.29 is 4.79 Å². The van der Waals surface area contributed by atoms with Crippen molar-refractivity contribution in [3.8, 4) is 0 Å². The Morgan fingerprint density at radius 1 is 1.04 bits per heavy atom. The highest BCUT2D eigenvalue weighted by atomic mass is 16.2. The van der Waals surface area contributed by atoms with Crippen molar-refractivity contribution in [3.05, 3.63) is 69.1 Å². The normalized spacial score (nSPS) is 14.5. The van der Waals surface area contributed by atoms with Crippen molar-refractivity contribution >= 4 is 5.91 Å². The molecule has 1 aliphatic heterocycles. The number of hydrogen-bond donors (Lipinski definition) is 1. The number of nitrogens with one attached hydrogen (secondary N) is 1. The number of carbonyl (C=O) groups is 1. The van der Waals surface area contributed by atoms with Gasteiger partial charge in [-0.05, 0) is 62.5 Å². The van der Waals surface area contributed by atoms with Crippen molar-refractivity contribution in [2.75, 3.05) is 19.6 Å². The van der Waals surface area contributed by atoms with Gasteiger partial charge in [0.1, 0.15) is 0 Å². The zero-order valence-corrected chi connectivity index (χ0v) is 15.6. The van der Waals surface area contributed by atoms with E-state index < -0.39 is 0 Å². The third-order valence-electron chi connectivity index (χ3n) is 5.13. The number of aromatic nitrogens is 1. The second-order valence-electron chi connectivity index (χ2n) is 7.10. The van der Waals surface area contributed by atoms with Gasteiger partial charge in [0.25, 0.3) is 11.5 Å². The molecular formula is C21H27N3O2. The van der Waals surface area contributed by atoms with Gasteiger partial charge in [0, 0.05) is 31.9 Å². The standard InChI is InChI=1S/C21H27N3O2/c1-16-5-6-18(13-17(16)2)14-22-21(26)19-7-8-20(25)24(15-19)12-11-23-9-3-4-10-23/h5-8,13,15H,3-4,9-12,14H2,1-2H3,(H,22,26). The van der Waals surface area contributed by atoms with Crippen LogP contribution in [0.25, 0.3) is 0 Å². The first kappa shape index (κ1) is 18.4. The van der Waals surface area contributed by atoms with E-state index in [1.54, 1.807) is 16.8 Å². The number of aryl methyl sites for hydroxylation is 2. The number of rotatable bonds is 6. The number of nitrogens with zero attached hydrogens (tertiary/aromatic N) is 2. The summed E-state index contributed by atoms with van der Waals surface area (Å²) in [6.07, 6.45) is 4.14. The van der Waals surface area contributed by atoms with Gasteiger partial charge in [0.15, 0.2) is 0 Å². The highest BCUT2D eigenvalue weighted by Crippen LogP contribution is 2.10. The van der Waals surface area contributed by atoms with Crippen LogP contribution in [0.5, 0.6) is 0 Å². The summed E-state index contributed by atoms with van der Waals surface area (Å²) in [5.41, 5.74) is 3.99. The Morgan fingerprint density at radius 3 is 2.54 bits per heavy atom. The van der Waals surface area contributed by atoms with Crippen molar-refractivity contribution in [2.45, 2.75) is 39.8 Å². The largest absolute Gasteiger partial charge is 0.348 e. The molecule has 0 radical (unpaired) electrons. The summed E-state index contributed by atoms with van der Waals surface area (Å²) < 4.78 is 1.64. The molecule has 26 heavy (non-hydrogen) atoms. The fourth-order valence-corrected chi connectivity index (χ4v) is 3.29. The smallest absolute Gasteiger partial charge is 0.253 e. The molecule has 0 aliphatic carbocycles. The van der Waals surface area contributed by atoms with E-state index in [1.807, 2.05) is 6.07 Å². The summed E-state index contributed by atoms with van der Waals surface area (Å²) in [5.74, 6) is -0.154. The lowest BCUT2D eigenvalue weighted by molar-refractivity contribution is 0.0950. The molecule has 0 unspecified atom stereocenters. The summed E-state index contributed by atoms with van der Waals surface area (Å²) in [6.45, 7) is 8.30. The van der Waals surface area contributed by atoms with Crippen LogP contribution in [0, 0.1) is 13.8 Å². The molecule has 1 fully saturated rings. The van der Waals surface area contributed by atoms with Gasteiger partial charge in [0.2, 0.25) is 0 Å². The van der Waals surface area contributed by atoms with E-state index in [-0.39, 0.29) is 11.5 Å². The van der Waals surface area contributed by atoms with E-state index in [1.165, 1.54) is 30.0 Å². The van der Waals surface area contributed by atoms with Crippen LogP contribution in [0.2, 0.25) is 0 Å². The molecule has 0 atom stereocenters. The monoisotopic (exact) mass is 353 g/mol. The molecule has 0 saturated carbocycles. The fourth-order valence-electron chi connectivity index (χ4n) is 3.29. The first-order chi connectivity index (χ1) is 12.5. The Bertz CT molecular complexity index is 835. The second kappa shape index (κ2) is 8.32. The number of carbonyl (C=O) groups excluding carboxylic acids is 1.